The Balaban J connectivity index is 1.52. The van der Waals surface area contributed by atoms with Gasteiger partial charge in [0.25, 0.3) is 0 Å². The number of rotatable bonds is 11. The van der Waals surface area contributed by atoms with E-state index in [2.05, 4.69) is 15.6 Å². The van der Waals surface area contributed by atoms with Gasteiger partial charge >= 0.3 is 0 Å². The van der Waals surface area contributed by atoms with Gasteiger partial charge in [-0.25, -0.2) is 9.37 Å². The number of carbonyl (C=O) groups is 3. The zero-order valence-electron chi connectivity index (χ0n) is 22.0. The summed E-state index contributed by atoms with van der Waals surface area (Å²) in [6.45, 7) is 0.208. The number of aromatic nitrogens is 1. The number of nitrogens with one attached hydrogen (secondary N) is 2. The first-order valence-corrected chi connectivity index (χ1v) is 13.6. The maximum atomic E-state index is 13.8. The van der Waals surface area contributed by atoms with Gasteiger partial charge in [-0.15, -0.1) is 0 Å². The summed E-state index contributed by atoms with van der Waals surface area (Å²) in [5.41, 5.74) is 1.42. The van der Waals surface area contributed by atoms with Crippen LogP contribution in [0.4, 0.5) is 10.2 Å². The van der Waals surface area contributed by atoms with E-state index in [-0.39, 0.29) is 43.1 Å². The summed E-state index contributed by atoms with van der Waals surface area (Å²) >= 11 is 0. The predicted molar refractivity (Wildman–Crippen MR) is 148 cm³/mol. The molecular formula is C31H35FN4O3. The Morgan fingerprint density at radius 1 is 0.897 bits per heavy atom. The molecule has 39 heavy (non-hydrogen) atoms. The lowest BCUT2D eigenvalue weighted by molar-refractivity contribution is -0.142. The molecule has 1 aliphatic rings. The molecule has 0 saturated heterocycles. The molecule has 0 radical (unpaired) electrons. The lowest BCUT2D eigenvalue weighted by Crippen LogP contribution is -2.46. The summed E-state index contributed by atoms with van der Waals surface area (Å²) in [6, 6.07) is 19.6. The first-order valence-electron chi connectivity index (χ1n) is 13.6. The van der Waals surface area contributed by atoms with Crippen LogP contribution >= 0.6 is 0 Å². The zero-order valence-corrected chi connectivity index (χ0v) is 22.0. The molecule has 3 aromatic rings. The molecule has 1 atom stereocenters. The second-order valence-corrected chi connectivity index (χ2v) is 9.92. The monoisotopic (exact) mass is 530 g/mol. The number of hydrogen-bond acceptors (Lipinski definition) is 4. The number of halogens is 1. The molecule has 0 aliphatic heterocycles. The van der Waals surface area contributed by atoms with Crippen LogP contribution in [0, 0.1) is 5.82 Å². The van der Waals surface area contributed by atoms with Gasteiger partial charge in [0.15, 0.2) is 0 Å². The van der Waals surface area contributed by atoms with Crippen LogP contribution in [0.5, 0.6) is 0 Å². The van der Waals surface area contributed by atoms with Crippen molar-refractivity contribution in [3.8, 4) is 0 Å². The molecule has 1 fully saturated rings. The fourth-order valence-electron chi connectivity index (χ4n) is 4.93. The van der Waals surface area contributed by atoms with Crippen LogP contribution in [0.1, 0.15) is 68.5 Å². The summed E-state index contributed by atoms with van der Waals surface area (Å²) in [6.07, 6.45) is 7.18. The normalized spacial score (nSPS) is 14.3. The highest BCUT2D eigenvalue weighted by Crippen LogP contribution is 2.27. The van der Waals surface area contributed by atoms with Crippen LogP contribution in [0.3, 0.4) is 0 Å². The Labute approximate surface area is 228 Å². The highest BCUT2D eigenvalue weighted by atomic mass is 19.1. The molecule has 8 heteroatoms. The highest BCUT2D eigenvalue weighted by Gasteiger charge is 2.33. The van der Waals surface area contributed by atoms with Crippen molar-refractivity contribution >= 4 is 23.5 Å². The van der Waals surface area contributed by atoms with Gasteiger partial charge in [-0.05, 0) is 54.7 Å². The zero-order chi connectivity index (χ0) is 27.5. The largest absolute Gasteiger partial charge is 0.351 e. The van der Waals surface area contributed by atoms with Crippen molar-refractivity contribution in [3.63, 3.8) is 0 Å². The molecule has 0 bridgehead atoms. The average Bonchev–Trinajstić information content (AvgIpc) is 2.95. The Hall–Kier alpha value is -4.07. The Morgan fingerprint density at radius 2 is 1.62 bits per heavy atom. The SMILES string of the molecule is O=C(CCCC(=O)N(Cc1ccccc1)C(C(=O)NC1CCCCC1)c1ccc(F)cc1)Nc1ccccn1. The lowest BCUT2D eigenvalue weighted by Gasteiger charge is -2.33. The molecule has 1 aromatic heterocycles. The van der Waals surface area contributed by atoms with E-state index in [0.29, 0.717) is 17.8 Å². The first-order chi connectivity index (χ1) is 19.0. The van der Waals surface area contributed by atoms with E-state index in [4.69, 9.17) is 0 Å². The summed E-state index contributed by atoms with van der Waals surface area (Å²) in [4.78, 5) is 45.5. The number of hydrogen-bond donors (Lipinski definition) is 2. The minimum absolute atomic E-state index is 0.0539. The van der Waals surface area contributed by atoms with Crippen LogP contribution in [0.15, 0.2) is 79.0 Å². The number of nitrogens with zero attached hydrogens (tertiary/aromatic N) is 2. The number of carbonyl (C=O) groups excluding carboxylic acids is 3. The van der Waals surface area contributed by atoms with Gasteiger partial charge in [0.2, 0.25) is 17.7 Å². The topological polar surface area (TPSA) is 91.4 Å². The molecule has 1 saturated carbocycles. The second-order valence-electron chi connectivity index (χ2n) is 9.92. The van der Waals surface area contributed by atoms with Crippen molar-refractivity contribution in [3.05, 3.63) is 95.9 Å². The fraction of sp³-hybridized carbons (Fsp3) is 0.355. The molecule has 4 rings (SSSR count). The van der Waals surface area contributed by atoms with E-state index >= 15 is 0 Å². The summed E-state index contributed by atoms with van der Waals surface area (Å²) in [7, 11) is 0. The summed E-state index contributed by atoms with van der Waals surface area (Å²) < 4.78 is 13.8. The number of anilines is 1. The van der Waals surface area contributed by atoms with Gasteiger partial charge < -0.3 is 15.5 Å². The van der Waals surface area contributed by atoms with Crippen molar-refractivity contribution in [1.82, 2.24) is 15.2 Å². The smallest absolute Gasteiger partial charge is 0.247 e. The van der Waals surface area contributed by atoms with Crippen molar-refractivity contribution < 1.29 is 18.8 Å². The van der Waals surface area contributed by atoms with Gasteiger partial charge in [0.05, 0.1) is 0 Å². The minimum atomic E-state index is -0.928. The van der Waals surface area contributed by atoms with E-state index in [1.54, 1.807) is 41.4 Å². The Bertz CT molecular complexity index is 1220. The van der Waals surface area contributed by atoms with Crippen LogP contribution in [-0.2, 0) is 20.9 Å². The quantitative estimate of drug-likeness (QED) is 0.340. The number of pyridine rings is 1. The number of benzene rings is 2. The van der Waals surface area contributed by atoms with Crippen LogP contribution in [-0.4, -0.2) is 33.6 Å². The van der Waals surface area contributed by atoms with Gasteiger partial charge in [-0.2, -0.15) is 0 Å². The van der Waals surface area contributed by atoms with E-state index < -0.39 is 11.9 Å². The van der Waals surface area contributed by atoms with E-state index in [9.17, 15) is 18.8 Å². The van der Waals surface area contributed by atoms with Gasteiger partial charge in [-0.1, -0.05) is 67.8 Å². The highest BCUT2D eigenvalue weighted by molar-refractivity contribution is 5.91. The standard InChI is InChI=1S/C31H35FN4O3/c32-25-19-17-24(18-20-25)30(31(39)34-26-12-5-2-6-13-26)36(22-23-10-3-1-4-11-23)29(38)16-9-15-28(37)35-27-14-7-8-21-33-27/h1,3-4,7-8,10-11,14,17-21,26,30H,2,5-6,9,12-13,15-16,22H2,(H,34,39)(H,33,35,37). The van der Waals surface area contributed by atoms with Gasteiger partial charge in [0.1, 0.15) is 17.7 Å². The molecular weight excluding hydrogens is 495 g/mol. The van der Waals surface area contributed by atoms with Crippen molar-refractivity contribution in [2.45, 2.75) is 70.0 Å². The van der Waals surface area contributed by atoms with E-state index in [1.807, 2.05) is 30.3 Å². The predicted octanol–water partition coefficient (Wildman–Crippen LogP) is 5.55. The molecule has 2 N–H and O–H groups in total. The molecule has 3 amide bonds. The van der Waals surface area contributed by atoms with E-state index in [0.717, 1.165) is 37.7 Å². The van der Waals surface area contributed by atoms with Crippen LogP contribution in [0.25, 0.3) is 0 Å². The number of amides is 3. The average molecular weight is 531 g/mol. The molecule has 7 nitrogen and oxygen atoms in total. The fourth-order valence-corrected chi connectivity index (χ4v) is 4.93. The molecule has 0 spiro atoms. The van der Waals surface area contributed by atoms with Gasteiger partial charge in [-0.3, -0.25) is 14.4 Å². The summed E-state index contributed by atoms with van der Waals surface area (Å²) in [5, 5.41) is 5.88. The van der Waals surface area contributed by atoms with E-state index in [1.165, 1.54) is 12.1 Å². The Morgan fingerprint density at radius 3 is 2.31 bits per heavy atom. The maximum Gasteiger partial charge on any atom is 0.247 e. The lowest BCUT2D eigenvalue weighted by atomic mass is 9.94. The molecule has 1 heterocycles. The molecule has 1 unspecified atom stereocenters. The second kappa shape index (κ2) is 14.2. The maximum absolute atomic E-state index is 13.8. The minimum Gasteiger partial charge on any atom is -0.351 e. The first kappa shape index (κ1) is 28.0. The molecule has 1 aliphatic carbocycles. The summed E-state index contributed by atoms with van der Waals surface area (Å²) in [5.74, 6) is -0.718. The van der Waals surface area contributed by atoms with Crippen molar-refractivity contribution in [1.29, 1.82) is 0 Å². The third kappa shape index (κ3) is 8.46. The van der Waals surface area contributed by atoms with Crippen LogP contribution < -0.4 is 10.6 Å². The molecule has 2 aromatic carbocycles. The van der Waals surface area contributed by atoms with Gasteiger partial charge in [0, 0.05) is 31.6 Å². The third-order valence-electron chi connectivity index (χ3n) is 6.94. The third-order valence-corrected chi connectivity index (χ3v) is 6.94. The van der Waals surface area contributed by atoms with Crippen molar-refractivity contribution in [2.24, 2.45) is 0 Å². The Kier molecular flexibility index (Phi) is 10.2. The van der Waals surface area contributed by atoms with Crippen molar-refractivity contribution in [2.75, 3.05) is 5.32 Å². The molecule has 204 valence electrons. The van der Waals surface area contributed by atoms with Crippen LogP contribution in [0.2, 0.25) is 0 Å².